The van der Waals surface area contributed by atoms with Gasteiger partial charge >= 0.3 is 0 Å². The van der Waals surface area contributed by atoms with Crippen LogP contribution in [0, 0.1) is 5.82 Å². The summed E-state index contributed by atoms with van der Waals surface area (Å²) in [6.45, 7) is 0. The summed E-state index contributed by atoms with van der Waals surface area (Å²) in [5, 5.41) is 5.40. The van der Waals surface area contributed by atoms with Gasteiger partial charge in [0.15, 0.2) is 9.84 Å². The molecule has 0 aliphatic heterocycles. The van der Waals surface area contributed by atoms with Crippen LogP contribution in [-0.4, -0.2) is 26.5 Å². The highest BCUT2D eigenvalue weighted by Gasteiger charge is 2.13. The summed E-state index contributed by atoms with van der Waals surface area (Å²) in [5.41, 5.74) is 1.37. The average Bonchev–Trinajstić information content (AvgIpc) is 2.74. The molecule has 2 N–H and O–H groups in total. The average molecular weight is 473 g/mol. The molecule has 9 heteroatoms. The first kappa shape index (κ1) is 23.2. The van der Waals surface area contributed by atoms with Crippen molar-refractivity contribution in [2.75, 3.05) is 16.9 Å². The normalized spacial score (nSPS) is 11.3. The van der Waals surface area contributed by atoms with Crippen molar-refractivity contribution in [1.29, 1.82) is 0 Å². The van der Waals surface area contributed by atoms with E-state index in [0.29, 0.717) is 11.3 Å². The fourth-order valence-electron chi connectivity index (χ4n) is 2.72. The Morgan fingerprint density at radius 1 is 0.969 bits per heavy atom. The number of sulfone groups is 1. The van der Waals surface area contributed by atoms with E-state index < -0.39 is 27.5 Å². The Bertz CT molecular complexity index is 1320. The van der Waals surface area contributed by atoms with Crippen LogP contribution in [-0.2, 0) is 14.6 Å². The molecule has 0 saturated heterocycles. The summed E-state index contributed by atoms with van der Waals surface area (Å²) in [6, 6.07) is 15.9. The minimum Gasteiger partial charge on any atom is -0.322 e. The Balaban J connectivity index is 1.67. The van der Waals surface area contributed by atoms with E-state index in [4.69, 9.17) is 11.6 Å². The van der Waals surface area contributed by atoms with Gasteiger partial charge in [0.25, 0.3) is 5.91 Å². The third-order valence-electron chi connectivity index (χ3n) is 4.29. The Morgan fingerprint density at radius 3 is 2.41 bits per heavy atom. The van der Waals surface area contributed by atoms with E-state index in [1.807, 2.05) is 0 Å². The molecule has 0 bridgehead atoms. The highest BCUT2D eigenvalue weighted by Crippen LogP contribution is 2.26. The predicted octanol–water partition coefficient (Wildman–Crippen LogP) is 4.79. The van der Waals surface area contributed by atoms with Gasteiger partial charge in [-0.05, 0) is 60.2 Å². The summed E-state index contributed by atoms with van der Waals surface area (Å²) < 4.78 is 36.5. The Labute approximate surface area is 189 Å². The van der Waals surface area contributed by atoms with E-state index in [1.165, 1.54) is 66.7 Å². The van der Waals surface area contributed by atoms with Crippen molar-refractivity contribution < 1.29 is 22.4 Å². The lowest BCUT2D eigenvalue weighted by molar-refractivity contribution is -0.111. The quantitative estimate of drug-likeness (QED) is 0.505. The molecule has 164 valence electrons. The van der Waals surface area contributed by atoms with Crippen LogP contribution in [0.1, 0.15) is 15.9 Å². The Kier molecular flexibility index (Phi) is 7.07. The van der Waals surface area contributed by atoms with Gasteiger partial charge in [-0.1, -0.05) is 29.8 Å². The Morgan fingerprint density at radius 2 is 1.72 bits per heavy atom. The summed E-state index contributed by atoms with van der Waals surface area (Å²) >= 11 is 6.22. The van der Waals surface area contributed by atoms with Crippen molar-refractivity contribution >= 4 is 50.7 Å². The third kappa shape index (κ3) is 6.26. The largest absolute Gasteiger partial charge is 0.322 e. The van der Waals surface area contributed by atoms with Crippen molar-refractivity contribution in [2.24, 2.45) is 0 Å². The molecule has 0 radical (unpaired) electrons. The Hall–Kier alpha value is -3.49. The van der Waals surface area contributed by atoms with Crippen molar-refractivity contribution in [1.82, 2.24) is 0 Å². The lowest BCUT2D eigenvalue weighted by Gasteiger charge is -2.10. The molecule has 0 heterocycles. The molecule has 0 aliphatic carbocycles. The second-order valence-corrected chi connectivity index (χ2v) is 9.25. The number of hydrogen-bond donors (Lipinski definition) is 2. The van der Waals surface area contributed by atoms with Gasteiger partial charge in [-0.3, -0.25) is 9.59 Å². The van der Waals surface area contributed by atoms with Gasteiger partial charge in [0.2, 0.25) is 5.91 Å². The monoisotopic (exact) mass is 472 g/mol. The molecule has 32 heavy (non-hydrogen) atoms. The number of anilines is 2. The molecule has 3 rings (SSSR count). The van der Waals surface area contributed by atoms with Gasteiger partial charge in [-0.2, -0.15) is 0 Å². The van der Waals surface area contributed by atoms with E-state index in [0.717, 1.165) is 6.26 Å². The molecule has 0 spiro atoms. The summed E-state index contributed by atoms with van der Waals surface area (Å²) in [5.74, 6) is -1.38. The molecule has 0 aliphatic rings. The molecule has 0 aromatic heterocycles. The molecule has 3 aromatic carbocycles. The van der Waals surface area contributed by atoms with E-state index in [1.54, 1.807) is 12.1 Å². The van der Waals surface area contributed by atoms with Crippen molar-refractivity contribution in [3.05, 3.63) is 94.8 Å². The minimum absolute atomic E-state index is 0.0283. The zero-order valence-electron chi connectivity index (χ0n) is 16.8. The summed E-state index contributed by atoms with van der Waals surface area (Å²) in [6.07, 6.45) is 3.79. The third-order valence-corrected chi connectivity index (χ3v) is 5.71. The van der Waals surface area contributed by atoms with Crippen LogP contribution in [0.2, 0.25) is 5.02 Å². The molecule has 0 atom stereocenters. The van der Waals surface area contributed by atoms with Gasteiger partial charge in [0, 0.05) is 23.6 Å². The van der Waals surface area contributed by atoms with Crippen LogP contribution in [0.4, 0.5) is 15.8 Å². The van der Waals surface area contributed by atoms with E-state index in [2.05, 4.69) is 10.6 Å². The number of rotatable bonds is 6. The molecule has 0 saturated carbocycles. The van der Waals surface area contributed by atoms with E-state index >= 15 is 0 Å². The lowest BCUT2D eigenvalue weighted by Crippen LogP contribution is -2.13. The second-order valence-electron chi connectivity index (χ2n) is 6.83. The second kappa shape index (κ2) is 9.76. The van der Waals surface area contributed by atoms with Gasteiger partial charge in [-0.25, -0.2) is 12.8 Å². The molecule has 3 aromatic rings. The van der Waals surface area contributed by atoms with Crippen molar-refractivity contribution in [3.8, 4) is 0 Å². The van der Waals surface area contributed by atoms with Crippen LogP contribution >= 0.6 is 11.6 Å². The molecule has 6 nitrogen and oxygen atoms in total. The summed E-state index contributed by atoms with van der Waals surface area (Å²) in [7, 11) is -3.45. The van der Waals surface area contributed by atoms with Gasteiger partial charge < -0.3 is 10.6 Å². The SMILES string of the molecule is CS(=O)(=O)c1cccc(C(=O)Nc2ccc(NC(=O)/C=C/c3cccc(F)c3)cc2Cl)c1. The standard InChI is InChI=1S/C23H18ClFN2O4S/c1-32(30,31)19-7-3-5-16(13-19)23(29)27-21-10-9-18(14-20(21)24)26-22(28)11-8-15-4-2-6-17(25)12-15/h2-14H,1H3,(H,26,28)(H,27,29)/b11-8+. The molecular formula is C23H18ClFN2O4S. The molecule has 2 amide bonds. The van der Waals surface area contributed by atoms with E-state index in [9.17, 15) is 22.4 Å². The maximum atomic E-state index is 13.2. The van der Waals surface area contributed by atoms with Crippen molar-refractivity contribution in [3.63, 3.8) is 0 Å². The predicted molar refractivity (Wildman–Crippen MR) is 123 cm³/mol. The number of carbonyl (C=O) groups is 2. The number of benzene rings is 3. The fourth-order valence-corrected chi connectivity index (χ4v) is 3.62. The van der Waals surface area contributed by atoms with Crippen LogP contribution in [0.5, 0.6) is 0 Å². The topological polar surface area (TPSA) is 92.3 Å². The molecular weight excluding hydrogens is 455 g/mol. The number of hydrogen-bond acceptors (Lipinski definition) is 4. The van der Waals surface area contributed by atoms with Crippen molar-refractivity contribution in [2.45, 2.75) is 4.90 Å². The maximum absolute atomic E-state index is 13.2. The maximum Gasteiger partial charge on any atom is 0.255 e. The van der Waals surface area contributed by atoms with Crippen LogP contribution in [0.3, 0.4) is 0 Å². The van der Waals surface area contributed by atoms with Crippen LogP contribution in [0.25, 0.3) is 6.08 Å². The van der Waals surface area contributed by atoms with E-state index in [-0.39, 0.29) is 21.2 Å². The van der Waals surface area contributed by atoms with Gasteiger partial charge in [-0.15, -0.1) is 0 Å². The summed E-state index contributed by atoms with van der Waals surface area (Å²) in [4.78, 5) is 24.6. The fraction of sp³-hybridized carbons (Fsp3) is 0.0435. The number of nitrogens with one attached hydrogen (secondary N) is 2. The number of halogens is 2. The molecule has 0 unspecified atom stereocenters. The first-order chi connectivity index (χ1) is 15.1. The molecule has 0 fully saturated rings. The lowest BCUT2D eigenvalue weighted by atomic mass is 10.2. The van der Waals surface area contributed by atoms with Crippen LogP contribution in [0.15, 0.2) is 77.7 Å². The van der Waals surface area contributed by atoms with Crippen LogP contribution < -0.4 is 10.6 Å². The van der Waals surface area contributed by atoms with Gasteiger partial charge in [0.05, 0.1) is 15.6 Å². The van der Waals surface area contributed by atoms with Gasteiger partial charge in [0.1, 0.15) is 5.82 Å². The zero-order valence-corrected chi connectivity index (χ0v) is 18.4. The highest BCUT2D eigenvalue weighted by molar-refractivity contribution is 7.90. The highest BCUT2D eigenvalue weighted by atomic mass is 35.5. The number of carbonyl (C=O) groups excluding carboxylic acids is 2. The zero-order chi connectivity index (χ0) is 23.3. The first-order valence-corrected chi connectivity index (χ1v) is 11.5. The number of amides is 2. The first-order valence-electron chi connectivity index (χ1n) is 9.27. The smallest absolute Gasteiger partial charge is 0.255 e. The minimum atomic E-state index is -3.45.